The normalized spacial score (nSPS) is 19.4. The van der Waals surface area contributed by atoms with Gasteiger partial charge in [-0.05, 0) is 104 Å². The smallest absolute Gasteiger partial charge is 0.121 e. The van der Waals surface area contributed by atoms with Gasteiger partial charge in [0.15, 0.2) is 0 Å². The van der Waals surface area contributed by atoms with E-state index in [1.807, 2.05) is 38.1 Å². The number of allylic oxidation sites excluding steroid dienone is 1. The van der Waals surface area contributed by atoms with Crippen molar-refractivity contribution in [2.45, 2.75) is 66.4 Å². The lowest BCUT2D eigenvalue weighted by molar-refractivity contribution is 0.0180. The maximum Gasteiger partial charge on any atom is 0.121 e. The van der Waals surface area contributed by atoms with Crippen molar-refractivity contribution in [1.82, 2.24) is 0 Å². The molecule has 2 unspecified atom stereocenters. The molecule has 0 heterocycles. The van der Waals surface area contributed by atoms with Gasteiger partial charge in [-0.15, -0.1) is 0 Å². The zero-order valence-electron chi connectivity index (χ0n) is 23.4. The zero-order valence-corrected chi connectivity index (χ0v) is 23.4. The van der Waals surface area contributed by atoms with Gasteiger partial charge in [-0.3, -0.25) is 0 Å². The van der Waals surface area contributed by atoms with Gasteiger partial charge < -0.3 is 30.6 Å². The molecule has 3 aromatic rings. The fourth-order valence-electron chi connectivity index (χ4n) is 5.86. The van der Waals surface area contributed by atoms with Crippen molar-refractivity contribution in [3.8, 4) is 17.2 Å². The summed E-state index contributed by atoms with van der Waals surface area (Å²) in [5, 5.41) is 65.6. The molecule has 0 aromatic heterocycles. The molecule has 0 bridgehead atoms. The van der Waals surface area contributed by atoms with Crippen LogP contribution in [0, 0.1) is 47.5 Å². The molecule has 1 aliphatic carbocycles. The first kappa shape index (κ1) is 28.1. The van der Waals surface area contributed by atoms with E-state index in [9.17, 15) is 30.6 Å². The second-order valence-corrected chi connectivity index (χ2v) is 11.2. The number of aliphatic hydroxyl groups excluding tert-OH is 2. The minimum Gasteiger partial charge on any atom is -0.511 e. The highest BCUT2D eigenvalue weighted by Gasteiger charge is 2.43. The Morgan fingerprint density at radius 3 is 1.41 bits per heavy atom. The largest absolute Gasteiger partial charge is 0.511 e. The first-order valence-corrected chi connectivity index (χ1v) is 13.1. The van der Waals surface area contributed by atoms with Crippen molar-refractivity contribution < 1.29 is 30.6 Å². The van der Waals surface area contributed by atoms with Gasteiger partial charge in [-0.1, -0.05) is 36.4 Å². The van der Waals surface area contributed by atoms with E-state index in [1.54, 1.807) is 39.8 Å². The summed E-state index contributed by atoms with van der Waals surface area (Å²) < 4.78 is 0. The second-order valence-electron chi connectivity index (χ2n) is 11.2. The summed E-state index contributed by atoms with van der Waals surface area (Å²) in [6.45, 7) is 10.8. The highest BCUT2D eigenvalue weighted by atomic mass is 16.3. The standard InChI is InChI=1S/C33H38O6/c1-17-7-23(8-18(2)29(17)35)13-26-28(34)16-33(39,15-25-11-21(5)31(37)22(6)12-25)27(32(26)38)14-24-9-19(3)30(36)20(4)10-24/h7-12,16,27,34-39H,13-15H2,1-6H3. The number of rotatable bonds is 6. The average Bonchev–Trinajstić information content (AvgIpc) is 2.84. The predicted molar refractivity (Wildman–Crippen MR) is 153 cm³/mol. The third-order valence-electron chi connectivity index (χ3n) is 7.90. The summed E-state index contributed by atoms with van der Waals surface area (Å²) in [7, 11) is 0. The summed E-state index contributed by atoms with van der Waals surface area (Å²) in [6.07, 6.45) is 2.01. The third kappa shape index (κ3) is 5.48. The molecule has 6 heteroatoms. The van der Waals surface area contributed by atoms with Gasteiger partial charge in [-0.25, -0.2) is 0 Å². The van der Waals surface area contributed by atoms with Crippen LogP contribution in [-0.2, 0) is 19.3 Å². The Morgan fingerprint density at radius 2 is 0.974 bits per heavy atom. The molecule has 206 valence electrons. The summed E-state index contributed by atoms with van der Waals surface area (Å²) >= 11 is 0. The molecular formula is C33H38O6. The SMILES string of the molecule is Cc1cc(CC2=C(O)C(Cc3cc(C)c(O)c(C)c3)C(O)(Cc3cc(C)c(O)c(C)c3)C=C2O)cc(C)c1O. The molecule has 4 rings (SSSR count). The molecule has 0 spiro atoms. The van der Waals surface area contributed by atoms with E-state index in [2.05, 4.69) is 0 Å². The van der Waals surface area contributed by atoms with Crippen LogP contribution in [-0.4, -0.2) is 36.2 Å². The summed E-state index contributed by atoms with van der Waals surface area (Å²) in [5.41, 5.74) is 5.26. The van der Waals surface area contributed by atoms with Crippen LogP contribution in [0.15, 0.2) is 59.6 Å². The first-order chi connectivity index (χ1) is 18.2. The van der Waals surface area contributed by atoms with E-state index in [4.69, 9.17) is 0 Å². The Hall–Kier alpha value is -3.90. The van der Waals surface area contributed by atoms with Crippen LogP contribution >= 0.6 is 0 Å². The van der Waals surface area contributed by atoms with E-state index in [-0.39, 0.29) is 48.0 Å². The number of aliphatic hydroxyl groups is 3. The van der Waals surface area contributed by atoms with E-state index in [1.165, 1.54) is 6.08 Å². The third-order valence-corrected chi connectivity index (χ3v) is 7.90. The van der Waals surface area contributed by atoms with Crippen LogP contribution in [0.25, 0.3) is 0 Å². The molecule has 0 aliphatic heterocycles. The number of hydrogen-bond acceptors (Lipinski definition) is 6. The lowest BCUT2D eigenvalue weighted by Crippen LogP contribution is -2.44. The number of phenolic OH excluding ortho intramolecular Hbond substituents is 3. The van der Waals surface area contributed by atoms with Crippen LogP contribution in [0.5, 0.6) is 17.2 Å². The molecule has 0 radical (unpaired) electrons. The van der Waals surface area contributed by atoms with E-state index < -0.39 is 11.5 Å². The Balaban J connectivity index is 1.81. The van der Waals surface area contributed by atoms with Crippen LogP contribution in [0.2, 0.25) is 0 Å². The highest BCUT2D eigenvalue weighted by molar-refractivity contribution is 5.49. The fraction of sp³-hybridized carbons (Fsp3) is 0.333. The molecule has 39 heavy (non-hydrogen) atoms. The molecule has 6 nitrogen and oxygen atoms in total. The zero-order chi connectivity index (χ0) is 28.8. The number of aryl methyl sites for hydroxylation is 6. The summed E-state index contributed by atoms with van der Waals surface area (Å²) in [5.74, 6) is -0.463. The van der Waals surface area contributed by atoms with E-state index in [0.29, 0.717) is 39.0 Å². The van der Waals surface area contributed by atoms with Gasteiger partial charge in [0, 0.05) is 18.4 Å². The van der Waals surface area contributed by atoms with Crippen molar-refractivity contribution in [3.63, 3.8) is 0 Å². The average molecular weight is 531 g/mol. The number of aromatic hydroxyl groups is 3. The van der Waals surface area contributed by atoms with Crippen LogP contribution in [0.4, 0.5) is 0 Å². The van der Waals surface area contributed by atoms with Crippen molar-refractivity contribution >= 4 is 0 Å². The van der Waals surface area contributed by atoms with Crippen molar-refractivity contribution in [1.29, 1.82) is 0 Å². The molecule has 6 N–H and O–H groups in total. The molecule has 0 saturated carbocycles. The monoisotopic (exact) mass is 530 g/mol. The molecular weight excluding hydrogens is 492 g/mol. The van der Waals surface area contributed by atoms with Gasteiger partial charge in [0.05, 0.1) is 5.92 Å². The van der Waals surface area contributed by atoms with Gasteiger partial charge >= 0.3 is 0 Å². The topological polar surface area (TPSA) is 121 Å². The Kier molecular flexibility index (Phi) is 7.46. The quantitative estimate of drug-likeness (QED) is 0.223. The van der Waals surface area contributed by atoms with Gasteiger partial charge in [0.1, 0.15) is 34.4 Å². The van der Waals surface area contributed by atoms with Crippen molar-refractivity contribution in [2.75, 3.05) is 0 Å². The lowest BCUT2D eigenvalue weighted by atomic mass is 9.72. The van der Waals surface area contributed by atoms with Crippen LogP contribution in [0.3, 0.4) is 0 Å². The van der Waals surface area contributed by atoms with Crippen LogP contribution in [0.1, 0.15) is 50.1 Å². The van der Waals surface area contributed by atoms with Crippen molar-refractivity contribution in [2.24, 2.45) is 5.92 Å². The highest BCUT2D eigenvalue weighted by Crippen LogP contribution is 2.42. The Labute approximate surface area is 229 Å². The number of benzene rings is 3. The number of phenols is 3. The van der Waals surface area contributed by atoms with Crippen LogP contribution < -0.4 is 0 Å². The van der Waals surface area contributed by atoms with Gasteiger partial charge in [-0.2, -0.15) is 0 Å². The molecule has 0 fully saturated rings. The van der Waals surface area contributed by atoms with E-state index >= 15 is 0 Å². The second kappa shape index (κ2) is 10.3. The van der Waals surface area contributed by atoms with Gasteiger partial charge in [0.2, 0.25) is 0 Å². The summed E-state index contributed by atoms with van der Waals surface area (Å²) in [4.78, 5) is 0. The molecule has 3 aromatic carbocycles. The Morgan fingerprint density at radius 1 is 0.590 bits per heavy atom. The summed E-state index contributed by atoms with van der Waals surface area (Å²) in [6, 6.07) is 10.9. The maximum absolute atomic E-state index is 12.1. The molecule has 0 saturated heterocycles. The van der Waals surface area contributed by atoms with E-state index in [0.717, 1.165) is 16.7 Å². The van der Waals surface area contributed by atoms with Crippen molar-refractivity contribution in [3.05, 3.63) is 110 Å². The van der Waals surface area contributed by atoms with Gasteiger partial charge in [0.25, 0.3) is 0 Å². The maximum atomic E-state index is 12.1. The minimum absolute atomic E-state index is 0.100. The molecule has 0 amide bonds. The first-order valence-electron chi connectivity index (χ1n) is 13.1. The molecule has 2 atom stereocenters. The fourth-order valence-corrected chi connectivity index (χ4v) is 5.86. The Bertz CT molecular complexity index is 1440. The lowest BCUT2D eigenvalue weighted by Gasteiger charge is -2.38. The number of hydrogen-bond donors (Lipinski definition) is 6. The predicted octanol–water partition coefficient (Wildman–Crippen LogP) is 6.30. The minimum atomic E-state index is -1.63. The molecule has 1 aliphatic rings.